The molecule has 0 spiro atoms. The molecule has 3 aromatic carbocycles. The molecule has 0 aliphatic rings. The van der Waals surface area contributed by atoms with Crippen molar-refractivity contribution in [3.63, 3.8) is 0 Å². The fourth-order valence-electron chi connectivity index (χ4n) is 2.84. The third-order valence-corrected chi connectivity index (χ3v) is 4.60. The number of hydrogen-bond acceptors (Lipinski definition) is 4. The minimum Gasteiger partial charge on any atom is -0.491 e. The van der Waals surface area contributed by atoms with Crippen molar-refractivity contribution in [2.75, 3.05) is 30.3 Å². The number of rotatable bonds is 10. The second-order valence-corrected chi connectivity index (χ2v) is 7.28. The summed E-state index contributed by atoms with van der Waals surface area (Å²) in [7, 11) is 0. The van der Waals surface area contributed by atoms with E-state index in [1.54, 1.807) is 0 Å². The molecular weight excluding hydrogens is 430 g/mol. The van der Waals surface area contributed by atoms with E-state index in [2.05, 4.69) is 28.1 Å². The number of aliphatic hydroxyl groups excluding tert-OH is 1. The summed E-state index contributed by atoms with van der Waals surface area (Å²) >= 11 is 5.35. The molecular formula is C24H28ClN3O2S. The maximum atomic E-state index is 10.0. The number of benzene rings is 3. The van der Waals surface area contributed by atoms with Gasteiger partial charge in [0.25, 0.3) is 0 Å². The van der Waals surface area contributed by atoms with Gasteiger partial charge in [-0.3, -0.25) is 0 Å². The zero-order chi connectivity index (χ0) is 21.0. The van der Waals surface area contributed by atoms with Crippen molar-refractivity contribution >= 4 is 41.1 Å². The Balaban J connectivity index is 0.00000341. The van der Waals surface area contributed by atoms with Crippen LogP contribution in [0.25, 0.3) is 0 Å². The van der Waals surface area contributed by atoms with Gasteiger partial charge in [0.05, 0.1) is 0 Å². The van der Waals surface area contributed by atoms with Crippen LogP contribution in [-0.4, -0.2) is 36.0 Å². The van der Waals surface area contributed by atoms with E-state index in [-0.39, 0.29) is 19.0 Å². The largest absolute Gasteiger partial charge is 0.491 e. The van der Waals surface area contributed by atoms with Crippen molar-refractivity contribution in [1.82, 2.24) is 5.32 Å². The molecule has 1 atom stereocenters. The lowest BCUT2D eigenvalue weighted by Crippen LogP contribution is -2.32. The minimum atomic E-state index is -0.546. The van der Waals surface area contributed by atoms with Crippen LogP contribution in [-0.2, 0) is 6.42 Å². The number of halogens is 1. The lowest BCUT2D eigenvalue weighted by molar-refractivity contribution is 0.106. The maximum absolute atomic E-state index is 10.0. The number of para-hydroxylation sites is 2. The molecule has 5 nitrogen and oxygen atoms in total. The first kappa shape index (κ1) is 24.6. The smallest absolute Gasteiger partial charge is 0.175 e. The number of ether oxygens (including phenoxy) is 1. The quantitative estimate of drug-likeness (QED) is 0.266. The molecule has 0 amide bonds. The van der Waals surface area contributed by atoms with Gasteiger partial charge in [0, 0.05) is 17.9 Å². The zero-order valence-electron chi connectivity index (χ0n) is 17.2. The number of thiocarbonyl (C=S) groups is 1. The average Bonchev–Trinajstić information content (AvgIpc) is 2.78. The van der Waals surface area contributed by atoms with Crippen LogP contribution in [0, 0.1) is 0 Å². The SMILES string of the molecule is Cl.OC(CNCCc1ccc(NC(=S)Nc2ccccc2)cc1)COc1ccccc1. The van der Waals surface area contributed by atoms with Crippen LogP contribution in [0.1, 0.15) is 5.56 Å². The zero-order valence-corrected chi connectivity index (χ0v) is 18.8. The molecule has 3 rings (SSSR count). The highest BCUT2D eigenvalue weighted by Crippen LogP contribution is 2.12. The molecule has 31 heavy (non-hydrogen) atoms. The summed E-state index contributed by atoms with van der Waals surface area (Å²) in [6.45, 7) is 1.54. The van der Waals surface area contributed by atoms with Gasteiger partial charge in [0.1, 0.15) is 18.5 Å². The first-order chi connectivity index (χ1) is 14.7. The highest BCUT2D eigenvalue weighted by molar-refractivity contribution is 7.80. The Hall–Kier alpha value is -2.64. The van der Waals surface area contributed by atoms with E-state index in [0.717, 1.165) is 30.1 Å². The number of nitrogens with one attached hydrogen (secondary N) is 3. The van der Waals surface area contributed by atoms with Crippen molar-refractivity contribution in [3.05, 3.63) is 90.5 Å². The summed E-state index contributed by atoms with van der Waals surface area (Å²) < 4.78 is 5.55. The predicted octanol–water partition coefficient (Wildman–Crippen LogP) is 4.49. The summed E-state index contributed by atoms with van der Waals surface area (Å²) in [5.41, 5.74) is 3.10. The highest BCUT2D eigenvalue weighted by atomic mass is 35.5. The van der Waals surface area contributed by atoms with Crippen LogP contribution >= 0.6 is 24.6 Å². The number of aliphatic hydroxyl groups is 1. The topological polar surface area (TPSA) is 65.5 Å². The van der Waals surface area contributed by atoms with Gasteiger partial charge >= 0.3 is 0 Å². The molecule has 4 N–H and O–H groups in total. The molecule has 1 unspecified atom stereocenters. The predicted molar refractivity (Wildman–Crippen MR) is 134 cm³/mol. The number of anilines is 2. The fourth-order valence-corrected chi connectivity index (χ4v) is 3.07. The van der Waals surface area contributed by atoms with Gasteiger partial charge in [-0.15, -0.1) is 12.4 Å². The van der Waals surface area contributed by atoms with E-state index in [1.807, 2.05) is 72.8 Å². The fraction of sp³-hybridized carbons (Fsp3) is 0.208. The van der Waals surface area contributed by atoms with Crippen LogP contribution in [0.4, 0.5) is 11.4 Å². The standard InChI is InChI=1S/C24H27N3O2S.ClH/c28-22(18-29-23-9-5-2-6-10-23)17-25-16-15-19-11-13-21(14-12-19)27-24(30)26-20-7-3-1-4-8-20;/h1-14,22,25,28H,15-18H2,(H2,26,27,30);1H. The Morgan fingerprint density at radius 1 is 0.839 bits per heavy atom. The van der Waals surface area contributed by atoms with Crippen LogP contribution in [0.5, 0.6) is 5.75 Å². The Morgan fingerprint density at radius 2 is 1.42 bits per heavy atom. The van der Waals surface area contributed by atoms with Crippen LogP contribution in [0.2, 0.25) is 0 Å². The minimum absolute atomic E-state index is 0. The first-order valence-corrected chi connectivity index (χ1v) is 10.4. The Bertz CT molecular complexity index is 896. The molecule has 0 bridgehead atoms. The van der Waals surface area contributed by atoms with E-state index in [4.69, 9.17) is 17.0 Å². The van der Waals surface area contributed by atoms with Gasteiger partial charge in [-0.05, 0) is 67.1 Å². The van der Waals surface area contributed by atoms with Gasteiger partial charge in [0.15, 0.2) is 5.11 Å². The molecule has 0 heterocycles. The van der Waals surface area contributed by atoms with Crippen molar-refractivity contribution in [2.45, 2.75) is 12.5 Å². The summed E-state index contributed by atoms with van der Waals surface area (Å²) in [6.07, 6.45) is 0.328. The second-order valence-electron chi connectivity index (χ2n) is 6.87. The van der Waals surface area contributed by atoms with Crippen molar-refractivity contribution < 1.29 is 9.84 Å². The van der Waals surface area contributed by atoms with Crippen LogP contribution in [0.15, 0.2) is 84.9 Å². The lowest BCUT2D eigenvalue weighted by Gasteiger charge is -2.13. The first-order valence-electron chi connectivity index (χ1n) is 9.98. The molecule has 0 saturated carbocycles. The van der Waals surface area contributed by atoms with E-state index < -0.39 is 6.10 Å². The van der Waals surface area contributed by atoms with Crippen LogP contribution < -0.4 is 20.7 Å². The summed E-state index contributed by atoms with van der Waals surface area (Å²) in [6, 6.07) is 27.5. The average molecular weight is 458 g/mol. The molecule has 0 fully saturated rings. The Kier molecular flexibility index (Phi) is 10.8. The molecule has 3 aromatic rings. The summed E-state index contributed by atoms with van der Waals surface area (Å²) in [5, 5.41) is 20.2. The lowest BCUT2D eigenvalue weighted by atomic mass is 10.1. The molecule has 0 aliphatic carbocycles. The van der Waals surface area contributed by atoms with Gasteiger partial charge in [-0.1, -0.05) is 48.5 Å². The van der Waals surface area contributed by atoms with E-state index in [1.165, 1.54) is 5.56 Å². The van der Waals surface area contributed by atoms with Gasteiger partial charge in [-0.2, -0.15) is 0 Å². The van der Waals surface area contributed by atoms with Gasteiger partial charge < -0.3 is 25.8 Å². The normalized spacial score (nSPS) is 11.1. The van der Waals surface area contributed by atoms with Gasteiger partial charge in [0.2, 0.25) is 0 Å². The van der Waals surface area contributed by atoms with Crippen molar-refractivity contribution in [3.8, 4) is 5.75 Å². The van der Waals surface area contributed by atoms with E-state index in [9.17, 15) is 5.11 Å². The third kappa shape index (κ3) is 9.36. The third-order valence-electron chi connectivity index (χ3n) is 4.40. The van der Waals surface area contributed by atoms with Crippen molar-refractivity contribution in [1.29, 1.82) is 0 Å². The Labute approximate surface area is 195 Å². The number of hydrogen-bond donors (Lipinski definition) is 4. The molecule has 0 radical (unpaired) electrons. The summed E-state index contributed by atoms with van der Waals surface area (Å²) in [4.78, 5) is 0. The van der Waals surface area contributed by atoms with Crippen molar-refractivity contribution in [2.24, 2.45) is 0 Å². The highest BCUT2D eigenvalue weighted by Gasteiger charge is 2.05. The van der Waals surface area contributed by atoms with Gasteiger partial charge in [-0.25, -0.2) is 0 Å². The molecule has 0 aliphatic heterocycles. The second kappa shape index (κ2) is 13.6. The maximum Gasteiger partial charge on any atom is 0.175 e. The summed E-state index contributed by atoms with van der Waals surface area (Å²) in [5.74, 6) is 0.767. The molecule has 164 valence electrons. The molecule has 7 heteroatoms. The molecule has 0 aromatic heterocycles. The molecule has 0 saturated heterocycles. The van der Waals surface area contributed by atoms with E-state index in [0.29, 0.717) is 11.7 Å². The van der Waals surface area contributed by atoms with E-state index >= 15 is 0 Å². The Morgan fingerprint density at radius 3 is 2.06 bits per heavy atom. The monoisotopic (exact) mass is 457 g/mol. The van der Waals surface area contributed by atoms with Crippen LogP contribution in [0.3, 0.4) is 0 Å².